The molecule has 96 valence electrons. The van der Waals surface area contributed by atoms with Gasteiger partial charge in [-0.1, -0.05) is 12.1 Å². The number of aliphatic hydroxyl groups excluding tert-OH is 1. The zero-order valence-corrected chi connectivity index (χ0v) is 10.1. The van der Waals surface area contributed by atoms with Crippen molar-refractivity contribution in [1.29, 1.82) is 0 Å². The van der Waals surface area contributed by atoms with E-state index in [1.165, 1.54) is 12.1 Å². The fraction of sp³-hybridized carbons (Fsp3) is 0.182. The van der Waals surface area contributed by atoms with Gasteiger partial charge in [0.05, 0.1) is 12.0 Å². The molecule has 0 fully saturated rings. The van der Waals surface area contributed by atoms with Crippen LogP contribution < -0.4 is 0 Å². The van der Waals surface area contributed by atoms with Gasteiger partial charge in [-0.15, -0.1) is 0 Å². The number of sulfone groups is 1. The topological polar surface area (TPSA) is 80.7 Å². The van der Waals surface area contributed by atoms with Crippen LogP contribution in [0.4, 0.5) is 4.39 Å². The number of hydrogen-bond donors (Lipinski definition) is 1. The summed E-state index contributed by atoms with van der Waals surface area (Å²) in [5.41, 5.74) is 0.105. The van der Waals surface area contributed by atoms with Crippen LogP contribution >= 0.6 is 0 Å². The molecule has 1 N–H and O–H groups in total. The molecule has 1 aromatic carbocycles. The molecule has 0 radical (unpaired) electrons. The Kier molecular flexibility index (Phi) is 2.95. The lowest BCUT2D eigenvalue weighted by Crippen LogP contribution is -2.27. The fourth-order valence-corrected chi connectivity index (χ4v) is 3.40. The number of carbonyl (C=O) groups is 1. The summed E-state index contributed by atoms with van der Waals surface area (Å²) in [6, 6.07) is 3.72. The van der Waals surface area contributed by atoms with E-state index in [0.29, 0.717) is 0 Å². The van der Waals surface area contributed by atoms with Gasteiger partial charge in [0.25, 0.3) is 0 Å². The zero-order valence-electron chi connectivity index (χ0n) is 9.25. The van der Waals surface area contributed by atoms with Gasteiger partial charge in [0.15, 0.2) is 6.10 Å². The van der Waals surface area contributed by atoms with Crippen LogP contribution in [0.25, 0.3) is 6.08 Å². The average Bonchev–Trinajstić information content (AvgIpc) is 2.60. The monoisotopic (exact) mass is 272 g/mol. The first kappa shape index (κ1) is 12.7. The number of rotatable bonds is 2. The molecule has 0 amide bonds. The Morgan fingerprint density at radius 3 is 2.67 bits per heavy atom. The van der Waals surface area contributed by atoms with Gasteiger partial charge in [0, 0.05) is 0 Å². The minimum absolute atomic E-state index is 0.105. The molecule has 1 unspecified atom stereocenters. The third-order valence-corrected chi connectivity index (χ3v) is 4.50. The van der Waals surface area contributed by atoms with E-state index in [9.17, 15) is 22.7 Å². The maximum absolute atomic E-state index is 13.5. The number of methoxy groups -OCH3 is 1. The molecular weight excluding hydrogens is 263 g/mol. The van der Waals surface area contributed by atoms with Gasteiger partial charge in [-0.25, -0.2) is 17.6 Å². The molecule has 0 bridgehead atoms. The first-order valence-electron chi connectivity index (χ1n) is 4.90. The van der Waals surface area contributed by atoms with Crippen molar-refractivity contribution in [2.45, 2.75) is 11.0 Å². The van der Waals surface area contributed by atoms with Crippen LogP contribution in [0.2, 0.25) is 0 Å². The second-order valence-electron chi connectivity index (χ2n) is 3.63. The fourth-order valence-electron chi connectivity index (χ4n) is 1.73. The van der Waals surface area contributed by atoms with Crippen molar-refractivity contribution in [1.82, 2.24) is 0 Å². The summed E-state index contributed by atoms with van der Waals surface area (Å²) < 4.78 is 41.7. The van der Waals surface area contributed by atoms with Gasteiger partial charge < -0.3 is 9.84 Å². The lowest BCUT2D eigenvalue weighted by Gasteiger charge is -2.09. The van der Waals surface area contributed by atoms with Crippen LogP contribution in [0.15, 0.2) is 28.0 Å². The summed E-state index contributed by atoms with van der Waals surface area (Å²) in [7, 11) is -3.18. The van der Waals surface area contributed by atoms with Gasteiger partial charge >= 0.3 is 5.97 Å². The Labute approximate surface area is 102 Å². The number of fused-ring (bicyclic) bond motifs is 1. The quantitative estimate of drug-likeness (QED) is 0.792. The van der Waals surface area contributed by atoms with Gasteiger partial charge in [-0.3, -0.25) is 0 Å². The van der Waals surface area contributed by atoms with E-state index >= 15 is 0 Å². The molecule has 0 aromatic heterocycles. The Balaban J connectivity index is 2.58. The number of ether oxygens (including phenoxy) is 1. The second kappa shape index (κ2) is 4.18. The summed E-state index contributed by atoms with van der Waals surface area (Å²) >= 11 is 0. The van der Waals surface area contributed by atoms with Crippen LogP contribution in [-0.2, 0) is 19.4 Å². The molecule has 0 saturated carbocycles. The number of benzene rings is 1. The van der Waals surface area contributed by atoms with E-state index in [4.69, 9.17) is 0 Å². The standard InChI is InChI=1S/C11H9FO5S/c1-17-11(14)9(13)8-5-6-3-2-4-7(12)10(6)18(8,15)16/h2-5,9,13H,1H3. The van der Waals surface area contributed by atoms with Crippen LogP contribution in [0.1, 0.15) is 5.56 Å². The lowest BCUT2D eigenvalue weighted by atomic mass is 10.2. The maximum atomic E-state index is 13.5. The van der Waals surface area contributed by atoms with Crippen molar-refractivity contribution in [3.63, 3.8) is 0 Å². The Morgan fingerprint density at radius 2 is 2.11 bits per heavy atom. The normalized spacial score (nSPS) is 17.8. The molecule has 7 heteroatoms. The molecule has 1 aromatic rings. The zero-order chi connectivity index (χ0) is 13.5. The second-order valence-corrected chi connectivity index (χ2v) is 5.52. The van der Waals surface area contributed by atoms with Crippen LogP contribution in [0.3, 0.4) is 0 Å². The highest BCUT2D eigenvalue weighted by Gasteiger charge is 2.39. The summed E-state index contributed by atoms with van der Waals surface area (Å²) in [5, 5.41) is 9.57. The van der Waals surface area contributed by atoms with Crippen molar-refractivity contribution in [2.75, 3.05) is 7.11 Å². The van der Waals surface area contributed by atoms with Crippen LogP contribution in [0, 0.1) is 5.82 Å². The predicted octanol–water partition coefficient (Wildman–Crippen LogP) is 0.488. The van der Waals surface area contributed by atoms with Gasteiger partial charge in [-0.2, -0.15) is 0 Å². The Morgan fingerprint density at radius 1 is 1.44 bits per heavy atom. The first-order chi connectivity index (χ1) is 8.39. The molecule has 18 heavy (non-hydrogen) atoms. The maximum Gasteiger partial charge on any atom is 0.340 e. The highest BCUT2D eigenvalue weighted by Crippen LogP contribution is 2.36. The molecule has 0 aliphatic carbocycles. The van der Waals surface area contributed by atoms with Crippen molar-refractivity contribution in [3.05, 3.63) is 34.5 Å². The SMILES string of the molecule is COC(=O)C(O)C1=Cc2cccc(F)c2S1(=O)=O. The summed E-state index contributed by atoms with van der Waals surface area (Å²) in [4.78, 5) is 10.1. The number of hydrogen-bond acceptors (Lipinski definition) is 5. The molecule has 1 aliphatic rings. The van der Waals surface area contributed by atoms with Crippen molar-refractivity contribution >= 4 is 21.9 Å². The number of halogens is 1. The molecule has 1 aliphatic heterocycles. The van der Waals surface area contributed by atoms with E-state index in [2.05, 4.69) is 4.74 Å². The molecule has 1 atom stereocenters. The van der Waals surface area contributed by atoms with Crippen LogP contribution in [0.5, 0.6) is 0 Å². The average molecular weight is 272 g/mol. The van der Waals surface area contributed by atoms with E-state index in [-0.39, 0.29) is 5.56 Å². The van der Waals surface area contributed by atoms with Crippen molar-refractivity contribution in [2.24, 2.45) is 0 Å². The van der Waals surface area contributed by atoms with Crippen molar-refractivity contribution < 1.29 is 27.4 Å². The van der Waals surface area contributed by atoms with Gasteiger partial charge in [0.2, 0.25) is 9.84 Å². The minimum Gasteiger partial charge on any atom is -0.467 e. The number of carbonyl (C=O) groups excluding carboxylic acids is 1. The minimum atomic E-state index is -4.20. The molecule has 1 heterocycles. The Bertz CT molecular complexity index is 647. The number of aliphatic hydroxyl groups is 1. The van der Waals surface area contributed by atoms with E-state index < -0.39 is 37.5 Å². The first-order valence-corrected chi connectivity index (χ1v) is 6.39. The summed E-state index contributed by atoms with van der Waals surface area (Å²) in [6.07, 6.45) is -0.887. The summed E-state index contributed by atoms with van der Waals surface area (Å²) in [5.74, 6) is -2.03. The lowest BCUT2D eigenvalue weighted by molar-refractivity contribution is -0.147. The van der Waals surface area contributed by atoms with Crippen molar-refractivity contribution in [3.8, 4) is 0 Å². The molecular formula is C11H9FO5S. The molecule has 5 nitrogen and oxygen atoms in total. The molecule has 2 rings (SSSR count). The molecule has 0 spiro atoms. The largest absolute Gasteiger partial charge is 0.467 e. The Hall–Kier alpha value is -1.73. The summed E-state index contributed by atoms with van der Waals surface area (Å²) in [6.45, 7) is 0. The van der Waals surface area contributed by atoms with Gasteiger partial charge in [0.1, 0.15) is 10.7 Å². The third kappa shape index (κ3) is 1.72. The van der Waals surface area contributed by atoms with Crippen LogP contribution in [-0.4, -0.2) is 32.7 Å². The molecule has 0 saturated heterocycles. The number of esters is 1. The van der Waals surface area contributed by atoms with E-state index in [1.54, 1.807) is 0 Å². The smallest absolute Gasteiger partial charge is 0.340 e. The highest BCUT2D eigenvalue weighted by molar-refractivity contribution is 7.96. The third-order valence-electron chi connectivity index (χ3n) is 2.57. The highest BCUT2D eigenvalue weighted by atomic mass is 32.2. The van der Waals surface area contributed by atoms with E-state index in [0.717, 1.165) is 19.3 Å². The van der Waals surface area contributed by atoms with Gasteiger partial charge in [-0.05, 0) is 17.7 Å². The predicted molar refractivity (Wildman–Crippen MR) is 59.6 cm³/mol. The van der Waals surface area contributed by atoms with E-state index in [1.807, 2.05) is 0 Å².